The van der Waals surface area contributed by atoms with Crippen molar-refractivity contribution in [1.29, 1.82) is 0 Å². The molecule has 92 valence electrons. The zero-order valence-electron chi connectivity index (χ0n) is 10.3. The van der Waals surface area contributed by atoms with Gasteiger partial charge in [-0.3, -0.25) is 4.79 Å². The summed E-state index contributed by atoms with van der Waals surface area (Å²) in [4.78, 5) is 11.4. The van der Waals surface area contributed by atoms with Gasteiger partial charge in [-0.05, 0) is 18.1 Å². The first-order valence-corrected chi connectivity index (χ1v) is 5.50. The maximum Gasteiger partial charge on any atom is 0.266 e. The molecule has 0 bridgehead atoms. The van der Waals surface area contributed by atoms with Crippen molar-refractivity contribution in [2.45, 2.75) is 6.92 Å². The highest BCUT2D eigenvalue weighted by molar-refractivity contribution is 5.80. The number of hydrogen-bond donors (Lipinski definition) is 1. The minimum absolute atomic E-state index is 0.108. The standard InChI is InChI=1S/C13H14N4O/c1-9-7-12(18)17(2)16-13(9)11-5-3-10(4-6-11)8-15-14/h3-8H,14H2,1-2H3. The molecule has 2 aromatic rings. The SMILES string of the molecule is Cc1cc(=O)n(C)nc1-c1ccc(C=NN)cc1. The molecule has 1 heterocycles. The lowest BCUT2D eigenvalue weighted by Gasteiger charge is -2.06. The van der Waals surface area contributed by atoms with E-state index in [1.807, 2.05) is 31.2 Å². The maximum atomic E-state index is 11.4. The molecule has 5 heteroatoms. The van der Waals surface area contributed by atoms with Crippen molar-refractivity contribution in [3.63, 3.8) is 0 Å². The number of hydrogen-bond acceptors (Lipinski definition) is 4. The fraction of sp³-hybridized carbons (Fsp3) is 0.154. The fourth-order valence-electron chi connectivity index (χ4n) is 1.72. The van der Waals surface area contributed by atoms with Gasteiger partial charge in [-0.25, -0.2) is 4.68 Å². The van der Waals surface area contributed by atoms with E-state index in [4.69, 9.17) is 5.84 Å². The minimum Gasteiger partial charge on any atom is -0.323 e. The van der Waals surface area contributed by atoms with Crippen molar-refractivity contribution in [3.8, 4) is 11.3 Å². The fourth-order valence-corrected chi connectivity index (χ4v) is 1.72. The van der Waals surface area contributed by atoms with Crippen LogP contribution in [0.3, 0.4) is 0 Å². The Bertz CT molecular complexity index is 641. The van der Waals surface area contributed by atoms with Gasteiger partial charge in [0, 0.05) is 18.7 Å². The lowest BCUT2D eigenvalue weighted by molar-refractivity contribution is 0.708. The second-order valence-electron chi connectivity index (χ2n) is 4.04. The largest absolute Gasteiger partial charge is 0.323 e. The molecule has 1 aromatic heterocycles. The molecule has 2 rings (SSSR count). The number of rotatable bonds is 2. The van der Waals surface area contributed by atoms with E-state index in [1.54, 1.807) is 19.3 Å². The molecule has 1 aromatic carbocycles. The highest BCUT2D eigenvalue weighted by Crippen LogP contribution is 2.19. The molecule has 5 nitrogen and oxygen atoms in total. The van der Waals surface area contributed by atoms with Crippen LogP contribution in [0.2, 0.25) is 0 Å². The van der Waals surface area contributed by atoms with E-state index in [0.29, 0.717) is 0 Å². The second-order valence-corrected chi connectivity index (χ2v) is 4.04. The Morgan fingerprint density at radius 1 is 1.33 bits per heavy atom. The third-order valence-electron chi connectivity index (χ3n) is 2.69. The summed E-state index contributed by atoms with van der Waals surface area (Å²) in [6, 6.07) is 9.24. The Labute approximate surface area is 105 Å². The maximum absolute atomic E-state index is 11.4. The molecule has 0 unspecified atom stereocenters. The molecule has 0 saturated carbocycles. The van der Waals surface area contributed by atoms with Crippen LogP contribution in [0, 0.1) is 6.92 Å². The van der Waals surface area contributed by atoms with Gasteiger partial charge in [-0.2, -0.15) is 10.2 Å². The van der Waals surface area contributed by atoms with Crippen molar-refractivity contribution in [2.24, 2.45) is 18.0 Å². The van der Waals surface area contributed by atoms with E-state index >= 15 is 0 Å². The Hall–Kier alpha value is -2.43. The van der Waals surface area contributed by atoms with Crippen LogP contribution in [0.4, 0.5) is 0 Å². The van der Waals surface area contributed by atoms with Crippen LogP contribution in [0.1, 0.15) is 11.1 Å². The lowest BCUT2D eigenvalue weighted by Crippen LogP contribution is -2.19. The number of benzene rings is 1. The zero-order chi connectivity index (χ0) is 13.1. The van der Waals surface area contributed by atoms with Crippen LogP contribution in [0.25, 0.3) is 11.3 Å². The average molecular weight is 242 g/mol. The molecule has 18 heavy (non-hydrogen) atoms. The molecule has 2 N–H and O–H groups in total. The van der Waals surface area contributed by atoms with E-state index in [1.165, 1.54) is 4.68 Å². The van der Waals surface area contributed by atoms with Crippen LogP contribution in [-0.4, -0.2) is 16.0 Å². The van der Waals surface area contributed by atoms with Crippen LogP contribution >= 0.6 is 0 Å². The summed E-state index contributed by atoms with van der Waals surface area (Å²) in [6.07, 6.45) is 1.57. The molecule has 0 atom stereocenters. The first-order chi connectivity index (χ1) is 8.61. The van der Waals surface area contributed by atoms with Crippen molar-refractivity contribution in [1.82, 2.24) is 9.78 Å². The Balaban J connectivity index is 2.48. The zero-order valence-corrected chi connectivity index (χ0v) is 10.3. The molecule has 0 aliphatic carbocycles. The number of nitrogens with two attached hydrogens (primary N) is 1. The molecular weight excluding hydrogens is 228 g/mol. The molecule has 0 aliphatic rings. The van der Waals surface area contributed by atoms with Crippen LogP contribution in [0.15, 0.2) is 40.2 Å². The Morgan fingerprint density at radius 3 is 2.61 bits per heavy atom. The normalized spacial score (nSPS) is 11.0. The number of aromatic nitrogens is 2. The van der Waals surface area contributed by atoms with Gasteiger partial charge in [0.25, 0.3) is 5.56 Å². The van der Waals surface area contributed by atoms with Gasteiger partial charge >= 0.3 is 0 Å². The molecule has 0 aliphatic heterocycles. The minimum atomic E-state index is -0.108. The summed E-state index contributed by atoms with van der Waals surface area (Å²) in [6.45, 7) is 1.87. The predicted molar refractivity (Wildman–Crippen MR) is 71.4 cm³/mol. The molecular formula is C13H14N4O. The molecule has 0 fully saturated rings. The van der Waals surface area contributed by atoms with Crippen molar-refractivity contribution in [3.05, 3.63) is 51.8 Å². The van der Waals surface area contributed by atoms with Gasteiger partial charge < -0.3 is 5.84 Å². The van der Waals surface area contributed by atoms with Crippen LogP contribution in [0.5, 0.6) is 0 Å². The lowest BCUT2D eigenvalue weighted by atomic mass is 10.1. The highest BCUT2D eigenvalue weighted by Gasteiger charge is 2.06. The van der Waals surface area contributed by atoms with Crippen LogP contribution < -0.4 is 11.4 Å². The summed E-state index contributed by atoms with van der Waals surface area (Å²) in [7, 11) is 1.64. The van der Waals surface area contributed by atoms with Crippen molar-refractivity contribution >= 4 is 6.21 Å². The molecule has 0 amide bonds. The third-order valence-corrected chi connectivity index (χ3v) is 2.69. The molecule has 0 saturated heterocycles. The third kappa shape index (κ3) is 2.29. The Kier molecular flexibility index (Phi) is 3.23. The first-order valence-electron chi connectivity index (χ1n) is 5.50. The summed E-state index contributed by atoms with van der Waals surface area (Å²) >= 11 is 0. The number of hydrazone groups is 1. The van der Waals surface area contributed by atoms with Gasteiger partial charge in [-0.1, -0.05) is 24.3 Å². The second kappa shape index (κ2) is 4.83. The monoisotopic (exact) mass is 242 g/mol. The van der Waals surface area contributed by atoms with E-state index in [9.17, 15) is 4.79 Å². The van der Waals surface area contributed by atoms with Crippen molar-refractivity contribution < 1.29 is 0 Å². The van der Waals surface area contributed by atoms with Crippen LogP contribution in [-0.2, 0) is 7.05 Å². The summed E-state index contributed by atoms with van der Waals surface area (Å²) in [5, 5.41) is 7.73. The molecule has 0 radical (unpaired) electrons. The molecule has 0 spiro atoms. The van der Waals surface area contributed by atoms with Gasteiger partial charge in [0.2, 0.25) is 0 Å². The van der Waals surface area contributed by atoms with Gasteiger partial charge in [0.15, 0.2) is 0 Å². The van der Waals surface area contributed by atoms with E-state index in [-0.39, 0.29) is 5.56 Å². The van der Waals surface area contributed by atoms with Crippen molar-refractivity contribution in [2.75, 3.05) is 0 Å². The van der Waals surface area contributed by atoms with E-state index in [2.05, 4.69) is 10.2 Å². The number of nitrogens with zero attached hydrogens (tertiary/aromatic N) is 3. The van der Waals surface area contributed by atoms with E-state index < -0.39 is 0 Å². The average Bonchev–Trinajstić information content (AvgIpc) is 2.35. The summed E-state index contributed by atoms with van der Waals surface area (Å²) < 4.78 is 1.33. The number of aryl methyl sites for hydroxylation is 2. The topological polar surface area (TPSA) is 73.3 Å². The Morgan fingerprint density at radius 2 is 2.00 bits per heavy atom. The predicted octanol–water partition coefficient (Wildman–Crippen LogP) is 1.05. The summed E-state index contributed by atoms with van der Waals surface area (Å²) in [5.74, 6) is 5.09. The first kappa shape index (κ1) is 12.0. The van der Waals surface area contributed by atoms with E-state index in [0.717, 1.165) is 22.4 Å². The smallest absolute Gasteiger partial charge is 0.266 e. The highest BCUT2D eigenvalue weighted by atomic mass is 16.1. The van der Waals surface area contributed by atoms with Gasteiger partial charge in [0.05, 0.1) is 11.9 Å². The van der Waals surface area contributed by atoms with Gasteiger partial charge in [0.1, 0.15) is 0 Å². The summed E-state index contributed by atoms with van der Waals surface area (Å²) in [5.41, 5.74) is 3.43. The quantitative estimate of drug-likeness (QED) is 0.486. The van der Waals surface area contributed by atoms with Gasteiger partial charge in [-0.15, -0.1) is 0 Å².